The number of carbonyl (C=O) groups is 2. The van der Waals surface area contributed by atoms with Crippen molar-refractivity contribution < 1.29 is 19.6 Å². The third-order valence-corrected chi connectivity index (χ3v) is 3.39. The zero-order valence-electron chi connectivity index (χ0n) is 13.3. The number of urea groups is 1. The van der Waals surface area contributed by atoms with Gasteiger partial charge in [0.15, 0.2) is 0 Å². The number of rotatable bonds is 7. The molecule has 0 aliphatic rings. The minimum atomic E-state index is -0.861. The molecule has 2 aromatic rings. The highest BCUT2D eigenvalue weighted by Gasteiger charge is 2.08. The van der Waals surface area contributed by atoms with Crippen LogP contribution in [0.1, 0.15) is 17.5 Å². The molecular formula is C17H17N3O5. The van der Waals surface area contributed by atoms with Gasteiger partial charge in [-0.1, -0.05) is 30.3 Å². The van der Waals surface area contributed by atoms with Crippen molar-refractivity contribution in [1.82, 2.24) is 5.32 Å². The van der Waals surface area contributed by atoms with E-state index in [0.717, 1.165) is 11.1 Å². The number of carbonyl (C=O) groups excluding carboxylic acids is 1. The lowest BCUT2D eigenvalue weighted by Crippen LogP contribution is -2.28. The molecule has 0 heterocycles. The number of aliphatic carboxylic acids is 1. The van der Waals surface area contributed by atoms with Crippen LogP contribution in [-0.4, -0.2) is 22.0 Å². The van der Waals surface area contributed by atoms with Gasteiger partial charge in [0, 0.05) is 30.8 Å². The first kappa shape index (κ1) is 17.9. The quantitative estimate of drug-likeness (QED) is 0.527. The average molecular weight is 343 g/mol. The fraction of sp³-hybridized carbons (Fsp3) is 0.176. The molecule has 0 saturated carbocycles. The number of anilines is 1. The highest BCUT2D eigenvalue weighted by atomic mass is 16.6. The van der Waals surface area contributed by atoms with E-state index in [1.54, 1.807) is 12.1 Å². The number of nitrogens with one attached hydrogen (secondary N) is 2. The summed E-state index contributed by atoms with van der Waals surface area (Å²) in [6, 6.07) is 12.4. The van der Waals surface area contributed by atoms with Crippen LogP contribution in [0.25, 0.3) is 0 Å². The van der Waals surface area contributed by atoms with Gasteiger partial charge < -0.3 is 15.7 Å². The van der Waals surface area contributed by atoms with Crippen LogP contribution in [0.3, 0.4) is 0 Å². The monoisotopic (exact) mass is 343 g/mol. The molecule has 0 aliphatic carbocycles. The molecule has 8 heteroatoms. The molecule has 0 bridgehead atoms. The van der Waals surface area contributed by atoms with E-state index in [2.05, 4.69) is 10.6 Å². The maximum absolute atomic E-state index is 11.9. The van der Waals surface area contributed by atoms with Gasteiger partial charge in [0.05, 0.1) is 4.92 Å². The zero-order chi connectivity index (χ0) is 18.2. The summed E-state index contributed by atoms with van der Waals surface area (Å²) in [5, 5.41) is 24.6. The van der Waals surface area contributed by atoms with E-state index in [0.29, 0.717) is 12.1 Å². The van der Waals surface area contributed by atoms with Gasteiger partial charge in [-0.3, -0.25) is 14.9 Å². The van der Waals surface area contributed by atoms with Crippen molar-refractivity contribution in [1.29, 1.82) is 0 Å². The van der Waals surface area contributed by atoms with Crippen LogP contribution in [0.4, 0.5) is 16.2 Å². The van der Waals surface area contributed by atoms with E-state index in [-0.39, 0.29) is 18.7 Å². The summed E-state index contributed by atoms with van der Waals surface area (Å²) in [6.07, 6.45) is 0.465. The fourth-order valence-electron chi connectivity index (χ4n) is 2.20. The highest BCUT2D eigenvalue weighted by molar-refractivity contribution is 5.89. The van der Waals surface area contributed by atoms with Crippen molar-refractivity contribution in [3.8, 4) is 0 Å². The van der Waals surface area contributed by atoms with Crippen molar-refractivity contribution in [3.05, 3.63) is 69.8 Å². The summed E-state index contributed by atoms with van der Waals surface area (Å²) in [5.41, 5.74) is 1.92. The Kier molecular flexibility index (Phi) is 6.05. The molecule has 2 rings (SSSR count). The number of non-ortho nitro benzene ring substituents is 1. The Morgan fingerprint density at radius 2 is 1.80 bits per heavy atom. The Balaban J connectivity index is 1.89. The van der Waals surface area contributed by atoms with Gasteiger partial charge in [-0.05, 0) is 23.6 Å². The van der Waals surface area contributed by atoms with Gasteiger partial charge in [0.2, 0.25) is 0 Å². The van der Waals surface area contributed by atoms with Crippen LogP contribution < -0.4 is 10.6 Å². The lowest BCUT2D eigenvalue weighted by Gasteiger charge is -2.09. The first-order valence-electron chi connectivity index (χ1n) is 7.53. The second-order valence-corrected chi connectivity index (χ2v) is 5.33. The molecule has 2 amide bonds. The third kappa shape index (κ3) is 5.94. The molecule has 0 fully saturated rings. The molecule has 130 valence electrons. The average Bonchev–Trinajstić information content (AvgIpc) is 2.59. The molecule has 0 radical (unpaired) electrons. The number of hydrogen-bond acceptors (Lipinski definition) is 4. The number of nitro benzene ring substituents is 1. The SMILES string of the molecule is O=C(O)CCc1cccc(CNC(=O)Nc2cccc([N+](=O)[O-])c2)c1. The van der Waals surface area contributed by atoms with Crippen LogP contribution in [0.2, 0.25) is 0 Å². The van der Waals surface area contributed by atoms with Gasteiger partial charge in [-0.25, -0.2) is 4.79 Å². The standard InChI is InChI=1S/C17H17N3O5/c21-16(22)8-7-12-3-1-4-13(9-12)11-18-17(23)19-14-5-2-6-15(10-14)20(24)25/h1-6,9-10H,7-8,11H2,(H,21,22)(H2,18,19,23). The van der Waals surface area contributed by atoms with E-state index in [1.807, 2.05) is 18.2 Å². The number of benzene rings is 2. The number of hydrogen-bond donors (Lipinski definition) is 3. The topological polar surface area (TPSA) is 122 Å². The van der Waals surface area contributed by atoms with Crippen LogP contribution in [-0.2, 0) is 17.8 Å². The van der Waals surface area contributed by atoms with Crippen LogP contribution in [0.5, 0.6) is 0 Å². The number of nitrogens with zero attached hydrogens (tertiary/aromatic N) is 1. The molecular weight excluding hydrogens is 326 g/mol. The first-order chi connectivity index (χ1) is 11.9. The van der Waals surface area contributed by atoms with E-state index in [9.17, 15) is 19.7 Å². The predicted molar refractivity (Wildman–Crippen MR) is 91.4 cm³/mol. The second-order valence-electron chi connectivity index (χ2n) is 5.33. The molecule has 25 heavy (non-hydrogen) atoms. The van der Waals surface area contributed by atoms with Crippen LogP contribution in [0.15, 0.2) is 48.5 Å². The molecule has 0 aromatic heterocycles. The number of aryl methyl sites for hydroxylation is 1. The molecule has 3 N–H and O–H groups in total. The highest BCUT2D eigenvalue weighted by Crippen LogP contribution is 2.16. The summed E-state index contributed by atoms with van der Waals surface area (Å²) in [7, 11) is 0. The minimum Gasteiger partial charge on any atom is -0.481 e. The lowest BCUT2D eigenvalue weighted by atomic mass is 10.1. The van der Waals surface area contributed by atoms with Crippen molar-refractivity contribution >= 4 is 23.4 Å². The smallest absolute Gasteiger partial charge is 0.319 e. The molecule has 0 aliphatic heterocycles. The molecule has 0 unspecified atom stereocenters. The maximum Gasteiger partial charge on any atom is 0.319 e. The maximum atomic E-state index is 11.9. The molecule has 2 aromatic carbocycles. The Labute approximate surface area is 143 Å². The Hall–Kier alpha value is -3.42. The Morgan fingerprint density at radius 3 is 2.52 bits per heavy atom. The predicted octanol–water partition coefficient (Wildman–Crippen LogP) is 2.93. The second kappa shape index (κ2) is 8.44. The van der Waals surface area contributed by atoms with Gasteiger partial charge in [-0.2, -0.15) is 0 Å². The van der Waals surface area contributed by atoms with Crippen LogP contribution in [0, 0.1) is 10.1 Å². The summed E-state index contributed by atoms with van der Waals surface area (Å²) in [4.78, 5) is 32.7. The van der Waals surface area contributed by atoms with Gasteiger partial charge in [0.25, 0.3) is 5.69 Å². The van der Waals surface area contributed by atoms with Gasteiger partial charge in [0.1, 0.15) is 0 Å². The summed E-state index contributed by atoms with van der Waals surface area (Å²) < 4.78 is 0. The Morgan fingerprint density at radius 1 is 1.08 bits per heavy atom. The molecule has 8 nitrogen and oxygen atoms in total. The fourth-order valence-corrected chi connectivity index (χ4v) is 2.20. The lowest BCUT2D eigenvalue weighted by molar-refractivity contribution is -0.384. The third-order valence-electron chi connectivity index (χ3n) is 3.39. The van der Waals surface area contributed by atoms with E-state index in [1.165, 1.54) is 18.2 Å². The Bertz CT molecular complexity index is 791. The number of amides is 2. The van der Waals surface area contributed by atoms with E-state index >= 15 is 0 Å². The normalized spacial score (nSPS) is 10.1. The first-order valence-corrected chi connectivity index (χ1v) is 7.53. The van der Waals surface area contributed by atoms with Crippen molar-refractivity contribution in [3.63, 3.8) is 0 Å². The number of carboxylic acid groups (broad SMARTS) is 1. The van der Waals surface area contributed by atoms with Crippen molar-refractivity contribution in [2.75, 3.05) is 5.32 Å². The van der Waals surface area contributed by atoms with Gasteiger partial charge >= 0.3 is 12.0 Å². The van der Waals surface area contributed by atoms with Crippen molar-refractivity contribution in [2.24, 2.45) is 0 Å². The largest absolute Gasteiger partial charge is 0.481 e. The molecule has 0 saturated heterocycles. The van der Waals surface area contributed by atoms with E-state index in [4.69, 9.17) is 5.11 Å². The summed E-state index contributed by atoms with van der Waals surface area (Å²) >= 11 is 0. The zero-order valence-corrected chi connectivity index (χ0v) is 13.3. The minimum absolute atomic E-state index is 0.0458. The molecule has 0 atom stereocenters. The summed E-state index contributed by atoms with van der Waals surface area (Å²) in [6.45, 7) is 0.252. The van der Waals surface area contributed by atoms with E-state index < -0.39 is 16.9 Å². The number of carboxylic acids is 1. The molecule has 0 spiro atoms. The van der Waals surface area contributed by atoms with Crippen LogP contribution >= 0.6 is 0 Å². The summed E-state index contributed by atoms with van der Waals surface area (Å²) in [5.74, 6) is -0.861. The van der Waals surface area contributed by atoms with Crippen molar-refractivity contribution in [2.45, 2.75) is 19.4 Å². The van der Waals surface area contributed by atoms with Gasteiger partial charge in [-0.15, -0.1) is 0 Å². The number of nitro groups is 1.